The van der Waals surface area contributed by atoms with Crippen LogP contribution in [0.1, 0.15) is 52.8 Å². The molecule has 1 aliphatic heterocycles. The first-order valence-corrected chi connectivity index (χ1v) is 14.4. The highest BCUT2D eigenvalue weighted by Crippen LogP contribution is 2.54. The first-order valence-electron chi connectivity index (χ1n) is 11.0. The minimum Gasteiger partial charge on any atom is -0.505 e. The zero-order valence-corrected chi connectivity index (χ0v) is 22.2. The average molecular weight is 513 g/mol. The lowest BCUT2D eigenvalue weighted by atomic mass is 9.90. The summed E-state index contributed by atoms with van der Waals surface area (Å²) in [5.74, 6) is -0.150. The van der Waals surface area contributed by atoms with E-state index >= 15 is 0 Å². The maximum Gasteiger partial charge on any atom is 0.348 e. The molecule has 1 aliphatic rings. The molecule has 10 nitrogen and oxygen atoms in total. The van der Waals surface area contributed by atoms with Crippen LogP contribution in [0.15, 0.2) is 23.0 Å². The fourth-order valence-electron chi connectivity index (χ4n) is 3.99. The molecule has 34 heavy (non-hydrogen) atoms. The number of fused-ring (bicyclic) bond motifs is 1. The molecule has 1 aromatic carbocycles. The Hall–Kier alpha value is -2.49. The first-order chi connectivity index (χ1) is 15.6. The van der Waals surface area contributed by atoms with Gasteiger partial charge in [0.25, 0.3) is 0 Å². The molecule has 3 rings (SSSR count). The van der Waals surface area contributed by atoms with Crippen LogP contribution >= 0.6 is 7.52 Å². The number of nitrogens with one attached hydrogen (secondary N) is 2. The lowest BCUT2D eigenvalue weighted by Crippen LogP contribution is -2.26. The number of aromatic nitrogens is 1. The van der Waals surface area contributed by atoms with Crippen molar-refractivity contribution >= 4 is 40.1 Å². The Bertz CT molecular complexity index is 1290. The summed E-state index contributed by atoms with van der Waals surface area (Å²) in [6.07, 6.45) is 1.02. The molecule has 1 aromatic heterocycles. The van der Waals surface area contributed by atoms with Gasteiger partial charge in [0.15, 0.2) is 11.6 Å². The highest BCUT2D eigenvalue weighted by atomic mass is 32.2. The van der Waals surface area contributed by atoms with Gasteiger partial charge in [-0.15, -0.1) is 0 Å². The molecule has 1 atom stereocenters. The molecular formula is C22H33N4O6PS. The maximum atomic E-state index is 13.8. The van der Waals surface area contributed by atoms with E-state index in [1.165, 1.54) is 12.1 Å². The largest absolute Gasteiger partial charge is 0.505 e. The van der Waals surface area contributed by atoms with Gasteiger partial charge in [0.2, 0.25) is 15.9 Å². The van der Waals surface area contributed by atoms with Crippen molar-refractivity contribution in [2.45, 2.75) is 53.5 Å². The second-order valence-electron chi connectivity index (χ2n) is 9.77. The summed E-state index contributed by atoms with van der Waals surface area (Å²) in [6, 6.07) is 4.47. The highest BCUT2D eigenvalue weighted by Gasteiger charge is 2.38. The Kier molecular flexibility index (Phi) is 6.87. The molecule has 0 saturated heterocycles. The highest BCUT2D eigenvalue weighted by molar-refractivity contribution is 7.92. The predicted molar refractivity (Wildman–Crippen MR) is 135 cm³/mol. The van der Waals surface area contributed by atoms with Crippen molar-refractivity contribution in [1.29, 1.82) is 0 Å². The van der Waals surface area contributed by atoms with E-state index in [1.807, 2.05) is 34.6 Å². The van der Waals surface area contributed by atoms with Crippen molar-refractivity contribution in [2.24, 2.45) is 10.7 Å². The molecule has 0 bridgehead atoms. The number of hydrogen-bond acceptors (Lipinski definition) is 7. The molecular weight excluding hydrogens is 479 g/mol. The van der Waals surface area contributed by atoms with Crippen LogP contribution in [0.4, 0.5) is 11.4 Å². The van der Waals surface area contributed by atoms with Crippen LogP contribution in [0.5, 0.6) is 11.6 Å². The number of rotatable bonds is 7. The van der Waals surface area contributed by atoms with Gasteiger partial charge in [-0.05, 0) is 31.0 Å². The Balaban J connectivity index is 2.22. The monoisotopic (exact) mass is 512 g/mol. The zero-order chi connectivity index (χ0) is 25.6. The Morgan fingerprint density at radius 1 is 1.26 bits per heavy atom. The van der Waals surface area contributed by atoms with E-state index in [-0.39, 0.29) is 46.5 Å². The minimum absolute atomic E-state index is 0.0103. The van der Waals surface area contributed by atoms with Gasteiger partial charge in [-0.3, -0.25) is 9.29 Å². The van der Waals surface area contributed by atoms with Crippen LogP contribution in [0.3, 0.4) is 0 Å². The third-order valence-corrected chi connectivity index (χ3v) is 7.76. The summed E-state index contributed by atoms with van der Waals surface area (Å²) in [5.41, 5.74) is 0.647. The Labute approximate surface area is 200 Å². The van der Waals surface area contributed by atoms with Gasteiger partial charge in [0.1, 0.15) is 5.56 Å². The van der Waals surface area contributed by atoms with Gasteiger partial charge in [0.05, 0.1) is 29.5 Å². The summed E-state index contributed by atoms with van der Waals surface area (Å²) in [5, 5.41) is 25.6. The van der Waals surface area contributed by atoms with Gasteiger partial charge in [0, 0.05) is 17.6 Å². The topological polar surface area (TPSA) is 142 Å². The quantitative estimate of drug-likeness (QED) is 0.412. The molecule has 0 fully saturated rings. The van der Waals surface area contributed by atoms with Crippen LogP contribution in [-0.4, -0.2) is 41.9 Å². The van der Waals surface area contributed by atoms with Crippen molar-refractivity contribution in [1.82, 2.24) is 4.57 Å². The van der Waals surface area contributed by atoms with Crippen LogP contribution < -0.4 is 15.3 Å². The maximum absolute atomic E-state index is 13.8. The molecule has 0 spiro atoms. The Morgan fingerprint density at radius 2 is 1.91 bits per heavy atom. The molecule has 1 unspecified atom stereocenters. The van der Waals surface area contributed by atoms with Crippen molar-refractivity contribution in [3.05, 3.63) is 29.5 Å². The second-order valence-corrected chi connectivity index (χ2v) is 13.5. The first kappa shape index (κ1) is 26.1. The lowest BCUT2D eigenvalue weighted by Gasteiger charge is -2.25. The van der Waals surface area contributed by atoms with Gasteiger partial charge < -0.3 is 24.6 Å². The summed E-state index contributed by atoms with van der Waals surface area (Å²) in [7, 11) is -7.42. The number of aromatic hydroxyl groups is 2. The van der Waals surface area contributed by atoms with Crippen LogP contribution in [0, 0.1) is 5.92 Å². The van der Waals surface area contributed by atoms with Gasteiger partial charge >= 0.3 is 7.52 Å². The smallest absolute Gasteiger partial charge is 0.348 e. The van der Waals surface area contributed by atoms with E-state index in [0.29, 0.717) is 17.9 Å². The SMILES string of the molecule is CCOP1(=O)N=C(c2c(O)c(C(C)(C)C)n(CC(C)C)c2O)Nc2ccc(NS(C)(=O)=O)cc21. The van der Waals surface area contributed by atoms with E-state index in [0.717, 1.165) is 6.26 Å². The van der Waals surface area contributed by atoms with E-state index in [4.69, 9.17) is 4.52 Å². The number of benzene rings is 1. The fourth-order valence-corrected chi connectivity index (χ4v) is 6.35. The number of sulfonamides is 1. The summed E-state index contributed by atoms with van der Waals surface area (Å²) in [4.78, 5) is 0. The molecule has 0 amide bonds. The number of hydrogen-bond donors (Lipinski definition) is 4. The molecule has 12 heteroatoms. The van der Waals surface area contributed by atoms with E-state index in [2.05, 4.69) is 14.8 Å². The molecule has 188 valence electrons. The summed E-state index contributed by atoms with van der Waals surface area (Å²) >= 11 is 0. The average Bonchev–Trinajstić information content (AvgIpc) is 2.90. The van der Waals surface area contributed by atoms with E-state index in [1.54, 1.807) is 17.6 Å². The lowest BCUT2D eigenvalue weighted by molar-refractivity contribution is 0.341. The predicted octanol–water partition coefficient (Wildman–Crippen LogP) is 3.95. The van der Waals surface area contributed by atoms with Crippen molar-refractivity contribution in [3.8, 4) is 11.6 Å². The summed E-state index contributed by atoms with van der Waals surface area (Å²) < 4.78 is 51.0. The second kappa shape index (κ2) is 8.94. The van der Waals surface area contributed by atoms with Crippen LogP contribution in [0.25, 0.3) is 0 Å². The molecule has 0 aliphatic carbocycles. The number of amidine groups is 1. The van der Waals surface area contributed by atoms with E-state index < -0.39 is 23.0 Å². The minimum atomic E-state index is -3.87. The van der Waals surface area contributed by atoms with E-state index in [9.17, 15) is 23.2 Å². The summed E-state index contributed by atoms with van der Waals surface area (Å²) in [6.45, 7) is 12.0. The molecule has 2 aromatic rings. The van der Waals surface area contributed by atoms with Crippen LogP contribution in [0.2, 0.25) is 0 Å². The molecule has 0 saturated carbocycles. The van der Waals surface area contributed by atoms with Gasteiger partial charge in [-0.1, -0.05) is 34.6 Å². The standard InChI is InChI=1S/C22H33N4O6PS/c1-8-32-33(29)16-11-14(25-34(7,30)31)9-10-15(16)23-20(24-33)17-18(27)19(22(4,5)6)26(21(17)28)12-13(2)3/h9-11,13,25,27-28H,8,12H2,1-7H3,(H,23,24,29). The van der Waals surface area contributed by atoms with Gasteiger partial charge in [-0.2, -0.15) is 4.76 Å². The van der Waals surface area contributed by atoms with Crippen molar-refractivity contribution in [3.63, 3.8) is 0 Å². The Morgan fingerprint density at radius 3 is 2.44 bits per heavy atom. The van der Waals surface area contributed by atoms with Crippen LogP contribution in [-0.2, 0) is 31.1 Å². The normalized spacial score (nSPS) is 18.4. The van der Waals surface area contributed by atoms with Gasteiger partial charge in [-0.25, -0.2) is 8.42 Å². The fraction of sp³-hybridized carbons (Fsp3) is 0.500. The number of anilines is 2. The molecule has 0 radical (unpaired) electrons. The zero-order valence-electron chi connectivity index (χ0n) is 20.5. The van der Waals surface area contributed by atoms with Crippen molar-refractivity contribution < 1.29 is 27.7 Å². The molecule has 2 heterocycles. The molecule has 4 N–H and O–H groups in total. The third kappa shape index (κ3) is 5.11. The third-order valence-electron chi connectivity index (χ3n) is 5.10. The number of nitrogens with zero attached hydrogens (tertiary/aromatic N) is 2. The van der Waals surface area contributed by atoms with Crippen molar-refractivity contribution in [2.75, 3.05) is 22.9 Å².